The van der Waals surface area contributed by atoms with Crippen molar-refractivity contribution >= 4 is 28.5 Å². The van der Waals surface area contributed by atoms with Crippen molar-refractivity contribution in [3.05, 3.63) is 52.6 Å². The zero-order valence-corrected chi connectivity index (χ0v) is 14.6. The summed E-state index contributed by atoms with van der Waals surface area (Å²) in [7, 11) is 0. The van der Waals surface area contributed by atoms with Crippen LogP contribution in [0.5, 0.6) is 0 Å². The Morgan fingerprint density at radius 2 is 2.16 bits per heavy atom. The monoisotopic (exact) mass is 353 g/mol. The minimum Gasteiger partial charge on any atom is -0.333 e. The zero-order valence-electron chi connectivity index (χ0n) is 13.8. The van der Waals surface area contributed by atoms with E-state index in [0.717, 1.165) is 5.69 Å². The SMILES string of the molecule is C[C@@H]1CN(C(=O)c2nc3cccc(Cl)c3[nH]2)[C@@H](C)c2ccc(C#N)n21. The first kappa shape index (κ1) is 15.7. The third kappa shape index (κ3) is 2.31. The number of hydrogen-bond acceptors (Lipinski definition) is 3. The van der Waals surface area contributed by atoms with Crippen LogP contribution in [-0.4, -0.2) is 31.9 Å². The van der Waals surface area contributed by atoms with Crippen LogP contribution in [0, 0.1) is 11.3 Å². The van der Waals surface area contributed by atoms with Gasteiger partial charge in [0, 0.05) is 18.3 Å². The first-order valence-electron chi connectivity index (χ1n) is 8.07. The molecule has 2 aromatic heterocycles. The van der Waals surface area contributed by atoms with Gasteiger partial charge in [-0.15, -0.1) is 0 Å². The second-order valence-corrected chi connectivity index (χ2v) is 6.73. The highest BCUT2D eigenvalue weighted by Crippen LogP contribution is 2.33. The van der Waals surface area contributed by atoms with E-state index in [0.29, 0.717) is 28.3 Å². The first-order valence-corrected chi connectivity index (χ1v) is 8.45. The predicted molar refractivity (Wildman–Crippen MR) is 94.4 cm³/mol. The quantitative estimate of drug-likeness (QED) is 0.725. The minimum atomic E-state index is -0.169. The van der Waals surface area contributed by atoms with Gasteiger partial charge in [0.05, 0.1) is 22.1 Å². The number of imidazole rings is 1. The third-order valence-electron chi connectivity index (χ3n) is 4.79. The van der Waals surface area contributed by atoms with E-state index >= 15 is 0 Å². The van der Waals surface area contributed by atoms with Crippen LogP contribution in [-0.2, 0) is 0 Å². The van der Waals surface area contributed by atoms with Crippen molar-refractivity contribution in [1.82, 2.24) is 19.4 Å². The van der Waals surface area contributed by atoms with E-state index in [-0.39, 0.29) is 23.8 Å². The minimum absolute atomic E-state index is 0.0211. The van der Waals surface area contributed by atoms with Gasteiger partial charge < -0.3 is 14.5 Å². The smallest absolute Gasteiger partial charge is 0.290 e. The average Bonchev–Trinajstić information content (AvgIpc) is 3.22. The van der Waals surface area contributed by atoms with Crippen molar-refractivity contribution in [2.75, 3.05) is 6.54 Å². The zero-order chi connectivity index (χ0) is 17.7. The normalized spacial score (nSPS) is 19.7. The van der Waals surface area contributed by atoms with Gasteiger partial charge in [0.25, 0.3) is 5.91 Å². The maximum Gasteiger partial charge on any atom is 0.290 e. The second kappa shape index (κ2) is 5.64. The molecule has 1 aromatic carbocycles. The number of carbonyl (C=O) groups excluding carboxylic acids is 1. The van der Waals surface area contributed by atoms with E-state index in [9.17, 15) is 10.1 Å². The average molecular weight is 354 g/mol. The van der Waals surface area contributed by atoms with Crippen molar-refractivity contribution in [3.63, 3.8) is 0 Å². The molecule has 0 spiro atoms. The molecule has 0 bridgehead atoms. The lowest BCUT2D eigenvalue weighted by Gasteiger charge is -2.38. The molecule has 0 fully saturated rings. The molecule has 126 valence electrons. The summed E-state index contributed by atoms with van der Waals surface area (Å²) in [6, 6.07) is 11.2. The Balaban J connectivity index is 1.73. The number of rotatable bonds is 1. The molecule has 1 aliphatic rings. The van der Waals surface area contributed by atoms with Crippen LogP contribution in [0.15, 0.2) is 30.3 Å². The van der Waals surface area contributed by atoms with Crippen LogP contribution in [0.2, 0.25) is 5.02 Å². The molecule has 0 aliphatic carbocycles. The molecule has 0 radical (unpaired) electrons. The predicted octanol–water partition coefficient (Wildman–Crippen LogP) is 3.67. The number of amides is 1. The van der Waals surface area contributed by atoms with Crippen molar-refractivity contribution in [1.29, 1.82) is 5.26 Å². The highest BCUT2D eigenvalue weighted by molar-refractivity contribution is 6.35. The summed E-state index contributed by atoms with van der Waals surface area (Å²) in [4.78, 5) is 22.3. The van der Waals surface area contributed by atoms with Gasteiger partial charge in [0.2, 0.25) is 0 Å². The van der Waals surface area contributed by atoms with E-state index in [4.69, 9.17) is 11.6 Å². The Labute approximate surface area is 149 Å². The van der Waals surface area contributed by atoms with E-state index in [2.05, 4.69) is 16.0 Å². The molecule has 4 rings (SSSR count). The number of benzene rings is 1. The molecular formula is C18H16ClN5O. The van der Waals surface area contributed by atoms with Crippen LogP contribution in [0.25, 0.3) is 11.0 Å². The number of carbonyl (C=O) groups is 1. The first-order chi connectivity index (χ1) is 12.0. The molecule has 6 nitrogen and oxygen atoms in total. The Morgan fingerprint density at radius 3 is 2.88 bits per heavy atom. The highest BCUT2D eigenvalue weighted by Gasteiger charge is 2.34. The molecule has 0 unspecified atom stereocenters. The number of fused-ring (bicyclic) bond motifs is 2. The van der Waals surface area contributed by atoms with Gasteiger partial charge in [-0.2, -0.15) is 5.26 Å². The van der Waals surface area contributed by atoms with Gasteiger partial charge in [0.15, 0.2) is 5.82 Å². The lowest BCUT2D eigenvalue weighted by Crippen LogP contribution is -2.43. The molecule has 25 heavy (non-hydrogen) atoms. The second-order valence-electron chi connectivity index (χ2n) is 6.33. The van der Waals surface area contributed by atoms with Gasteiger partial charge in [-0.05, 0) is 38.1 Å². The molecule has 3 heterocycles. The molecule has 1 amide bonds. The number of nitrogens with zero attached hydrogens (tertiary/aromatic N) is 4. The number of H-pyrrole nitrogens is 1. The lowest BCUT2D eigenvalue weighted by molar-refractivity contribution is 0.0598. The number of nitriles is 1. The van der Waals surface area contributed by atoms with Crippen LogP contribution in [0.1, 0.15) is 47.9 Å². The number of para-hydroxylation sites is 1. The molecule has 1 N–H and O–H groups in total. The summed E-state index contributed by atoms with van der Waals surface area (Å²) >= 11 is 6.17. The fraction of sp³-hybridized carbons (Fsp3) is 0.278. The summed E-state index contributed by atoms with van der Waals surface area (Å²) in [5, 5.41) is 9.81. The third-order valence-corrected chi connectivity index (χ3v) is 5.11. The number of aromatic nitrogens is 3. The molecular weight excluding hydrogens is 338 g/mol. The maximum atomic E-state index is 13.0. The summed E-state index contributed by atoms with van der Waals surface area (Å²) in [5.74, 6) is 0.111. The molecule has 0 saturated heterocycles. The summed E-state index contributed by atoms with van der Waals surface area (Å²) in [6.45, 7) is 4.49. The number of hydrogen-bond donors (Lipinski definition) is 1. The van der Waals surface area contributed by atoms with Gasteiger partial charge in [-0.1, -0.05) is 17.7 Å². The van der Waals surface area contributed by atoms with Gasteiger partial charge in [-0.25, -0.2) is 4.98 Å². The summed E-state index contributed by atoms with van der Waals surface area (Å²) < 4.78 is 2.00. The van der Waals surface area contributed by atoms with Crippen LogP contribution in [0.4, 0.5) is 0 Å². The molecule has 0 saturated carbocycles. The molecule has 1 aliphatic heterocycles. The lowest BCUT2D eigenvalue weighted by atomic mass is 10.1. The van der Waals surface area contributed by atoms with Crippen molar-refractivity contribution in [2.45, 2.75) is 25.9 Å². The van der Waals surface area contributed by atoms with Gasteiger partial charge in [-0.3, -0.25) is 4.79 Å². The van der Waals surface area contributed by atoms with E-state index in [1.165, 1.54) is 0 Å². The van der Waals surface area contributed by atoms with E-state index in [1.807, 2.05) is 36.6 Å². The summed E-state index contributed by atoms with van der Waals surface area (Å²) in [6.07, 6.45) is 0. The van der Waals surface area contributed by atoms with Gasteiger partial charge >= 0.3 is 0 Å². The number of halogens is 1. The molecule has 7 heteroatoms. The number of aromatic amines is 1. The van der Waals surface area contributed by atoms with Crippen molar-refractivity contribution < 1.29 is 4.79 Å². The fourth-order valence-corrected chi connectivity index (χ4v) is 3.78. The Hall–Kier alpha value is -2.78. The summed E-state index contributed by atoms with van der Waals surface area (Å²) in [5.41, 5.74) is 2.92. The number of nitrogens with one attached hydrogen (secondary N) is 1. The Kier molecular flexibility index (Phi) is 3.55. The molecule has 2 atom stereocenters. The van der Waals surface area contributed by atoms with Crippen LogP contribution >= 0.6 is 11.6 Å². The largest absolute Gasteiger partial charge is 0.333 e. The van der Waals surface area contributed by atoms with E-state index in [1.54, 1.807) is 17.0 Å². The van der Waals surface area contributed by atoms with Crippen molar-refractivity contribution in [2.24, 2.45) is 0 Å². The Morgan fingerprint density at radius 1 is 1.36 bits per heavy atom. The topological polar surface area (TPSA) is 77.7 Å². The fourth-order valence-electron chi connectivity index (χ4n) is 3.56. The van der Waals surface area contributed by atoms with Crippen LogP contribution < -0.4 is 0 Å². The van der Waals surface area contributed by atoms with E-state index < -0.39 is 0 Å². The highest BCUT2D eigenvalue weighted by atomic mass is 35.5. The Bertz CT molecular complexity index is 1030. The van der Waals surface area contributed by atoms with Crippen molar-refractivity contribution in [3.8, 4) is 6.07 Å². The maximum absolute atomic E-state index is 13.0. The standard InChI is InChI=1S/C18H16ClN5O/c1-10-9-23(11(2)15-7-6-12(8-20)24(10)15)18(25)17-21-14-5-3-4-13(19)16(14)22-17/h3-7,10-11H,9H2,1-2H3,(H,21,22)/t10-,11+/m1/s1. The molecule has 3 aromatic rings. The van der Waals surface area contributed by atoms with Crippen LogP contribution in [0.3, 0.4) is 0 Å². The van der Waals surface area contributed by atoms with Gasteiger partial charge in [0.1, 0.15) is 11.8 Å².